The highest BCUT2D eigenvalue weighted by Gasteiger charge is 2.01. The van der Waals surface area contributed by atoms with Gasteiger partial charge in [0.15, 0.2) is 5.75 Å². The van der Waals surface area contributed by atoms with Crippen LogP contribution in [-0.4, -0.2) is 28.0 Å². The van der Waals surface area contributed by atoms with Crippen LogP contribution < -0.4 is 10.5 Å². The van der Waals surface area contributed by atoms with Crippen molar-refractivity contribution in [2.75, 3.05) is 13.2 Å². The smallest absolute Gasteiger partial charge is 0.157 e. The zero-order valence-electron chi connectivity index (χ0n) is 9.41. The van der Waals surface area contributed by atoms with E-state index in [9.17, 15) is 5.11 Å². The van der Waals surface area contributed by atoms with Gasteiger partial charge in [-0.25, -0.2) is 4.68 Å². The fourth-order valence-corrected chi connectivity index (χ4v) is 1.40. The van der Waals surface area contributed by atoms with E-state index in [1.807, 2.05) is 0 Å². The first-order valence-electron chi connectivity index (χ1n) is 5.46. The minimum atomic E-state index is 0.236. The SMILES string of the molecule is NCCCOc1cnn(-c2ccc(O)cc2)c1. The molecule has 1 aromatic heterocycles. The predicted octanol–water partition coefficient (Wildman–Crippen LogP) is 1.31. The molecule has 2 rings (SSSR count). The molecule has 90 valence electrons. The van der Waals surface area contributed by atoms with Crippen LogP contribution in [0.2, 0.25) is 0 Å². The van der Waals surface area contributed by atoms with E-state index in [-0.39, 0.29) is 5.75 Å². The summed E-state index contributed by atoms with van der Waals surface area (Å²) in [6.45, 7) is 1.21. The van der Waals surface area contributed by atoms with E-state index >= 15 is 0 Å². The lowest BCUT2D eigenvalue weighted by atomic mass is 10.3. The van der Waals surface area contributed by atoms with Crippen molar-refractivity contribution in [1.82, 2.24) is 9.78 Å². The molecule has 0 bridgehead atoms. The van der Waals surface area contributed by atoms with Crippen LogP contribution in [0.3, 0.4) is 0 Å². The fraction of sp³-hybridized carbons (Fsp3) is 0.250. The van der Waals surface area contributed by atoms with E-state index in [1.54, 1.807) is 41.3 Å². The Bertz CT molecular complexity index is 465. The molecule has 0 radical (unpaired) electrons. The summed E-state index contributed by atoms with van der Waals surface area (Å²) >= 11 is 0. The number of rotatable bonds is 5. The third kappa shape index (κ3) is 2.98. The molecule has 1 aromatic carbocycles. The molecule has 0 fully saturated rings. The standard InChI is InChI=1S/C12H15N3O2/c13-6-1-7-17-12-8-14-15(9-12)10-2-4-11(16)5-3-10/h2-5,8-9,16H,1,6-7,13H2. The van der Waals surface area contributed by atoms with Crippen molar-refractivity contribution in [3.8, 4) is 17.2 Å². The van der Waals surface area contributed by atoms with Crippen molar-refractivity contribution >= 4 is 0 Å². The Kier molecular flexibility index (Phi) is 3.62. The van der Waals surface area contributed by atoms with Crippen molar-refractivity contribution in [1.29, 1.82) is 0 Å². The Labute approximate surface area is 99.4 Å². The summed E-state index contributed by atoms with van der Waals surface area (Å²) in [5.74, 6) is 0.951. The molecule has 0 aliphatic heterocycles. The van der Waals surface area contributed by atoms with Crippen LogP contribution in [0, 0.1) is 0 Å². The molecule has 0 aliphatic carbocycles. The molecule has 3 N–H and O–H groups in total. The number of ether oxygens (including phenoxy) is 1. The Hall–Kier alpha value is -2.01. The average molecular weight is 233 g/mol. The number of phenols is 1. The molecule has 5 nitrogen and oxygen atoms in total. The number of phenolic OH excluding ortho intramolecular Hbond substituents is 1. The van der Waals surface area contributed by atoms with Crippen molar-refractivity contribution in [3.63, 3.8) is 0 Å². The van der Waals surface area contributed by atoms with Gasteiger partial charge in [-0.1, -0.05) is 0 Å². The zero-order chi connectivity index (χ0) is 12.1. The number of hydrogen-bond donors (Lipinski definition) is 2. The van der Waals surface area contributed by atoms with Crippen LogP contribution >= 0.6 is 0 Å². The van der Waals surface area contributed by atoms with Gasteiger partial charge in [0.1, 0.15) is 5.75 Å². The number of benzene rings is 1. The number of aromatic nitrogens is 2. The molecule has 2 aromatic rings. The average Bonchev–Trinajstić information content (AvgIpc) is 2.79. The van der Waals surface area contributed by atoms with Crippen LogP contribution in [0.4, 0.5) is 0 Å². The first-order valence-corrected chi connectivity index (χ1v) is 5.46. The lowest BCUT2D eigenvalue weighted by Gasteiger charge is -2.01. The van der Waals surface area contributed by atoms with Gasteiger partial charge in [-0.15, -0.1) is 0 Å². The molecule has 0 amide bonds. The van der Waals surface area contributed by atoms with Gasteiger partial charge in [0.05, 0.1) is 24.7 Å². The molecule has 0 spiro atoms. The quantitative estimate of drug-likeness (QED) is 0.763. The van der Waals surface area contributed by atoms with E-state index in [0.717, 1.165) is 12.1 Å². The summed E-state index contributed by atoms with van der Waals surface area (Å²) in [5.41, 5.74) is 6.25. The molecule has 1 heterocycles. The Balaban J connectivity index is 2.04. The van der Waals surface area contributed by atoms with Gasteiger partial charge in [-0.05, 0) is 37.2 Å². The topological polar surface area (TPSA) is 73.3 Å². The van der Waals surface area contributed by atoms with Gasteiger partial charge in [0.25, 0.3) is 0 Å². The number of aromatic hydroxyl groups is 1. The summed E-state index contributed by atoms with van der Waals surface area (Å²) in [7, 11) is 0. The number of nitrogens with two attached hydrogens (primary N) is 1. The molecule has 17 heavy (non-hydrogen) atoms. The largest absolute Gasteiger partial charge is 0.508 e. The maximum atomic E-state index is 9.19. The monoisotopic (exact) mass is 233 g/mol. The van der Waals surface area contributed by atoms with Crippen LogP contribution in [-0.2, 0) is 0 Å². The van der Waals surface area contributed by atoms with E-state index in [1.165, 1.54) is 0 Å². The van der Waals surface area contributed by atoms with Crippen LogP contribution in [0.15, 0.2) is 36.7 Å². The maximum Gasteiger partial charge on any atom is 0.157 e. The van der Waals surface area contributed by atoms with Gasteiger partial charge in [-0.3, -0.25) is 0 Å². The van der Waals surface area contributed by atoms with Gasteiger partial charge in [-0.2, -0.15) is 5.10 Å². The molecule has 0 saturated heterocycles. The van der Waals surface area contributed by atoms with Crippen molar-refractivity contribution < 1.29 is 9.84 Å². The van der Waals surface area contributed by atoms with Gasteiger partial charge < -0.3 is 15.6 Å². The second kappa shape index (κ2) is 5.36. The molecule has 5 heteroatoms. The summed E-state index contributed by atoms with van der Waals surface area (Å²) in [5, 5.41) is 13.4. The van der Waals surface area contributed by atoms with Gasteiger partial charge >= 0.3 is 0 Å². The fourth-order valence-electron chi connectivity index (χ4n) is 1.40. The molecule has 0 aliphatic rings. The van der Waals surface area contributed by atoms with E-state index in [4.69, 9.17) is 10.5 Å². The summed E-state index contributed by atoms with van der Waals surface area (Å²) in [6.07, 6.45) is 4.27. The molecular formula is C12H15N3O2. The first-order chi connectivity index (χ1) is 8.29. The second-order valence-corrected chi connectivity index (χ2v) is 3.63. The summed E-state index contributed by atoms with van der Waals surface area (Å²) in [4.78, 5) is 0. The lowest BCUT2D eigenvalue weighted by Crippen LogP contribution is -2.05. The minimum Gasteiger partial charge on any atom is -0.508 e. The van der Waals surface area contributed by atoms with Crippen LogP contribution in [0.5, 0.6) is 11.5 Å². The first kappa shape index (κ1) is 11.5. The van der Waals surface area contributed by atoms with Crippen LogP contribution in [0.1, 0.15) is 6.42 Å². The van der Waals surface area contributed by atoms with Crippen molar-refractivity contribution in [3.05, 3.63) is 36.7 Å². The Morgan fingerprint density at radius 2 is 2.06 bits per heavy atom. The minimum absolute atomic E-state index is 0.236. The third-order valence-electron chi connectivity index (χ3n) is 2.29. The number of hydrogen-bond acceptors (Lipinski definition) is 4. The highest BCUT2D eigenvalue weighted by Crippen LogP contribution is 2.16. The number of nitrogens with zero attached hydrogens (tertiary/aromatic N) is 2. The molecular weight excluding hydrogens is 218 g/mol. The Morgan fingerprint density at radius 3 is 2.76 bits per heavy atom. The highest BCUT2D eigenvalue weighted by molar-refractivity contribution is 5.37. The molecule has 0 unspecified atom stereocenters. The lowest BCUT2D eigenvalue weighted by molar-refractivity contribution is 0.313. The van der Waals surface area contributed by atoms with Crippen molar-refractivity contribution in [2.24, 2.45) is 5.73 Å². The molecule has 0 atom stereocenters. The van der Waals surface area contributed by atoms with E-state index < -0.39 is 0 Å². The summed E-state index contributed by atoms with van der Waals surface area (Å²) in [6, 6.07) is 6.80. The predicted molar refractivity (Wildman–Crippen MR) is 64.4 cm³/mol. The Morgan fingerprint density at radius 1 is 1.29 bits per heavy atom. The maximum absolute atomic E-state index is 9.19. The highest BCUT2D eigenvalue weighted by atomic mass is 16.5. The second-order valence-electron chi connectivity index (χ2n) is 3.63. The van der Waals surface area contributed by atoms with Crippen LogP contribution in [0.25, 0.3) is 5.69 Å². The third-order valence-corrected chi connectivity index (χ3v) is 2.29. The zero-order valence-corrected chi connectivity index (χ0v) is 9.41. The van der Waals surface area contributed by atoms with Gasteiger partial charge in [0, 0.05) is 0 Å². The normalized spacial score (nSPS) is 10.4. The van der Waals surface area contributed by atoms with E-state index in [2.05, 4.69) is 5.10 Å². The molecule has 0 saturated carbocycles. The van der Waals surface area contributed by atoms with E-state index in [0.29, 0.717) is 18.9 Å². The van der Waals surface area contributed by atoms with Crippen molar-refractivity contribution in [2.45, 2.75) is 6.42 Å². The summed E-state index contributed by atoms with van der Waals surface area (Å²) < 4.78 is 7.15. The van der Waals surface area contributed by atoms with Gasteiger partial charge in [0.2, 0.25) is 0 Å².